The highest BCUT2D eigenvalue weighted by Crippen LogP contribution is 2.24. The fourth-order valence-electron chi connectivity index (χ4n) is 4.58. The van der Waals surface area contributed by atoms with Crippen LogP contribution < -0.4 is 9.47 Å². The lowest BCUT2D eigenvalue weighted by molar-refractivity contribution is 0.184. The van der Waals surface area contributed by atoms with Gasteiger partial charge in [0, 0.05) is 19.6 Å². The highest BCUT2D eigenvalue weighted by Gasteiger charge is 2.10. The molecule has 5 heteroatoms. The number of nitrogens with zero attached hydrogens (tertiary/aromatic N) is 1. The molecule has 0 radical (unpaired) electrons. The van der Waals surface area contributed by atoms with Crippen molar-refractivity contribution in [3.05, 3.63) is 107 Å². The van der Waals surface area contributed by atoms with E-state index in [1.54, 1.807) is 6.07 Å². The summed E-state index contributed by atoms with van der Waals surface area (Å²) >= 11 is 0. The Morgan fingerprint density at radius 2 is 1.49 bits per heavy atom. The quantitative estimate of drug-likeness (QED) is 0.194. The average Bonchev–Trinajstić information content (AvgIpc) is 2.91. The van der Waals surface area contributed by atoms with E-state index in [1.165, 1.54) is 25.2 Å². The number of ether oxygens (including phenoxy) is 2. The Hall–Kier alpha value is -3.41. The molecule has 4 aromatic rings. The SMILES string of the molecule is COc1ccc(CN(CCO)Cc2ccc3cc(OCCCCCc4ccccc4)ccc3c2)cc1F. The van der Waals surface area contributed by atoms with E-state index in [-0.39, 0.29) is 18.2 Å². The lowest BCUT2D eigenvalue weighted by atomic mass is 10.1. The van der Waals surface area contributed by atoms with Gasteiger partial charge in [-0.2, -0.15) is 0 Å². The van der Waals surface area contributed by atoms with Gasteiger partial charge in [0.1, 0.15) is 5.75 Å². The molecule has 0 aliphatic heterocycles. The van der Waals surface area contributed by atoms with Crippen LogP contribution in [0.3, 0.4) is 0 Å². The number of rotatable bonds is 14. The van der Waals surface area contributed by atoms with Gasteiger partial charge in [-0.05, 0) is 83.5 Å². The number of hydrogen-bond donors (Lipinski definition) is 1. The zero-order valence-electron chi connectivity index (χ0n) is 21.5. The number of aliphatic hydroxyl groups is 1. The van der Waals surface area contributed by atoms with Crippen LogP contribution in [0.2, 0.25) is 0 Å². The highest BCUT2D eigenvalue weighted by atomic mass is 19.1. The summed E-state index contributed by atoms with van der Waals surface area (Å²) in [4.78, 5) is 2.11. The molecule has 0 bridgehead atoms. The Bertz CT molecular complexity index is 1260. The number of fused-ring (bicyclic) bond motifs is 1. The zero-order chi connectivity index (χ0) is 25.9. The maximum atomic E-state index is 14.1. The Labute approximate surface area is 219 Å². The molecule has 194 valence electrons. The number of aryl methyl sites for hydroxylation is 1. The summed E-state index contributed by atoms with van der Waals surface area (Å²) in [5.74, 6) is 0.755. The second kappa shape index (κ2) is 13.8. The van der Waals surface area contributed by atoms with Crippen LogP contribution in [0.1, 0.15) is 36.0 Å². The van der Waals surface area contributed by atoms with Crippen molar-refractivity contribution in [1.82, 2.24) is 4.90 Å². The Morgan fingerprint density at radius 3 is 2.24 bits per heavy atom. The number of halogens is 1. The van der Waals surface area contributed by atoms with Crippen molar-refractivity contribution in [2.75, 3.05) is 26.9 Å². The van der Waals surface area contributed by atoms with Crippen LogP contribution in [0, 0.1) is 5.82 Å². The molecular formula is C32H36FNO3. The van der Waals surface area contributed by atoms with Gasteiger partial charge in [-0.15, -0.1) is 0 Å². The van der Waals surface area contributed by atoms with Crippen LogP contribution in [0.4, 0.5) is 4.39 Å². The second-order valence-electron chi connectivity index (χ2n) is 9.39. The predicted octanol–water partition coefficient (Wildman–Crippen LogP) is 6.77. The summed E-state index contributed by atoms with van der Waals surface area (Å²) in [5, 5.41) is 11.8. The molecule has 37 heavy (non-hydrogen) atoms. The standard InChI is InChI=1S/C32H36FNO3/c1-36-32-16-12-27(21-31(32)33)24-34(17-18-35)23-26-11-13-29-22-30(15-14-28(29)20-26)37-19-7-3-6-10-25-8-4-2-5-9-25/h2,4-5,8-9,11-16,20-22,35H,3,6-7,10,17-19,23-24H2,1H3. The van der Waals surface area contributed by atoms with Crippen molar-refractivity contribution >= 4 is 10.8 Å². The summed E-state index contributed by atoms with van der Waals surface area (Å²) in [5.41, 5.74) is 3.38. The molecule has 1 N–H and O–H groups in total. The number of hydrogen-bond acceptors (Lipinski definition) is 4. The van der Waals surface area contributed by atoms with Gasteiger partial charge in [-0.25, -0.2) is 4.39 Å². The van der Waals surface area contributed by atoms with Gasteiger partial charge in [0.15, 0.2) is 11.6 Å². The molecule has 4 nitrogen and oxygen atoms in total. The molecule has 0 heterocycles. The minimum Gasteiger partial charge on any atom is -0.494 e. The van der Waals surface area contributed by atoms with Crippen LogP contribution >= 0.6 is 0 Å². The Balaban J connectivity index is 1.29. The molecule has 4 rings (SSSR count). The minimum atomic E-state index is -0.375. The average molecular weight is 502 g/mol. The third kappa shape index (κ3) is 8.04. The first-order valence-corrected chi connectivity index (χ1v) is 13.0. The van der Waals surface area contributed by atoms with Crippen molar-refractivity contribution in [2.24, 2.45) is 0 Å². The third-order valence-corrected chi connectivity index (χ3v) is 6.54. The maximum Gasteiger partial charge on any atom is 0.165 e. The molecule has 0 aliphatic rings. The van der Waals surface area contributed by atoms with Gasteiger partial charge in [0.2, 0.25) is 0 Å². The van der Waals surface area contributed by atoms with Crippen molar-refractivity contribution < 1.29 is 19.0 Å². The fourth-order valence-corrected chi connectivity index (χ4v) is 4.58. The van der Waals surface area contributed by atoms with Crippen LogP contribution in [-0.4, -0.2) is 36.9 Å². The van der Waals surface area contributed by atoms with E-state index in [2.05, 4.69) is 65.6 Å². The lowest BCUT2D eigenvalue weighted by Gasteiger charge is -2.22. The number of methoxy groups -OCH3 is 1. The summed E-state index contributed by atoms with van der Waals surface area (Å²) in [6.07, 6.45) is 4.49. The Morgan fingerprint density at radius 1 is 0.757 bits per heavy atom. The van der Waals surface area contributed by atoms with Crippen molar-refractivity contribution in [1.29, 1.82) is 0 Å². The summed E-state index contributed by atoms with van der Waals surface area (Å²) in [6.45, 7) is 2.46. The van der Waals surface area contributed by atoms with E-state index >= 15 is 0 Å². The molecule has 0 amide bonds. The highest BCUT2D eigenvalue weighted by molar-refractivity contribution is 5.84. The first-order valence-electron chi connectivity index (χ1n) is 13.0. The van der Waals surface area contributed by atoms with E-state index in [4.69, 9.17) is 9.47 Å². The monoisotopic (exact) mass is 501 g/mol. The molecular weight excluding hydrogens is 465 g/mol. The molecule has 0 unspecified atom stereocenters. The first-order chi connectivity index (χ1) is 18.1. The smallest absolute Gasteiger partial charge is 0.165 e. The second-order valence-corrected chi connectivity index (χ2v) is 9.39. The van der Waals surface area contributed by atoms with E-state index in [0.29, 0.717) is 19.6 Å². The third-order valence-electron chi connectivity index (χ3n) is 6.54. The molecule has 0 fully saturated rings. The molecule has 0 aliphatic carbocycles. The minimum absolute atomic E-state index is 0.0408. The molecule has 0 saturated heterocycles. The van der Waals surface area contributed by atoms with Crippen LogP contribution in [0.5, 0.6) is 11.5 Å². The largest absolute Gasteiger partial charge is 0.494 e. The van der Waals surface area contributed by atoms with Gasteiger partial charge < -0.3 is 14.6 Å². The van der Waals surface area contributed by atoms with Crippen molar-refractivity contribution in [2.45, 2.75) is 38.8 Å². The summed E-state index contributed by atoms with van der Waals surface area (Å²) < 4.78 is 25.1. The van der Waals surface area contributed by atoms with E-state index < -0.39 is 0 Å². The zero-order valence-corrected chi connectivity index (χ0v) is 21.5. The van der Waals surface area contributed by atoms with E-state index in [1.807, 2.05) is 12.1 Å². The van der Waals surface area contributed by atoms with Crippen molar-refractivity contribution in [3.63, 3.8) is 0 Å². The van der Waals surface area contributed by atoms with E-state index in [9.17, 15) is 9.50 Å². The molecule has 0 atom stereocenters. The lowest BCUT2D eigenvalue weighted by Crippen LogP contribution is -2.26. The van der Waals surface area contributed by atoms with E-state index in [0.717, 1.165) is 53.5 Å². The normalized spacial score (nSPS) is 11.2. The summed E-state index contributed by atoms with van der Waals surface area (Å²) in [6, 6.07) is 28.2. The number of aliphatic hydroxyl groups excluding tert-OH is 1. The van der Waals surface area contributed by atoms with Gasteiger partial charge in [0.05, 0.1) is 20.3 Å². The van der Waals surface area contributed by atoms with Crippen LogP contribution in [-0.2, 0) is 19.5 Å². The van der Waals surface area contributed by atoms with Crippen molar-refractivity contribution in [3.8, 4) is 11.5 Å². The molecule has 4 aromatic carbocycles. The molecule has 0 saturated carbocycles. The molecule has 0 aromatic heterocycles. The van der Waals surface area contributed by atoms with Gasteiger partial charge in [-0.3, -0.25) is 4.90 Å². The Kier molecular flexibility index (Phi) is 9.92. The molecule has 0 spiro atoms. The van der Waals surface area contributed by atoms with Gasteiger partial charge in [0.25, 0.3) is 0 Å². The first kappa shape index (κ1) is 26.6. The number of benzene rings is 4. The maximum absolute atomic E-state index is 14.1. The fraction of sp³-hybridized carbons (Fsp3) is 0.312. The van der Waals surface area contributed by atoms with Crippen LogP contribution in [0.25, 0.3) is 10.8 Å². The van der Waals surface area contributed by atoms with Crippen LogP contribution in [0.15, 0.2) is 84.9 Å². The topological polar surface area (TPSA) is 41.9 Å². The van der Waals surface area contributed by atoms with Gasteiger partial charge >= 0.3 is 0 Å². The summed E-state index contributed by atoms with van der Waals surface area (Å²) in [7, 11) is 1.46. The number of unbranched alkanes of at least 4 members (excludes halogenated alkanes) is 2. The van der Waals surface area contributed by atoms with Gasteiger partial charge in [-0.1, -0.05) is 54.6 Å². The predicted molar refractivity (Wildman–Crippen MR) is 148 cm³/mol.